The zero-order valence-electron chi connectivity index (χ0n) is 7.29. The fourth-order valence-corrected chi connectivity index (χ4v) is 1.05. The number of hydrogen-bond acceptors (Lipinski definition) is 1. The van der Waals surface area contributed by atoms with Crippen LogP contribution in [0.4, 0.5) is 0 Å². The standard InChI is InChI=1S/C11H11NO/c1-2-3-4-9-5-7-10(8-6-9)11(12)13/h1,5-8H,3-4H2,(H2,12,13). The van der Waals surface area contributed by atoms with Gasteiger partial charge >= 0.3 is 0 Å². The van der Waals surface area contributed by atoms with Crippen LogP contribution in [0.25, 0.3) is 0 Å². The number of hydrogen-bond donors (Lipinski definition) is 1. The molecule has 0 saturated carbocycles. The van der Waals surface area contributed by atoms with Crippen LogP contribution in [-0.4, -0.2) is 5.91 Å². The number of primary amides is 1. The van der Waals surface area contributed by atoms with E-state index in [1.165, 1.54) is 0 Å². The van der Waals surface area contributed by atoms with Crippen LogP contribution in [0.1, 0.15) is 22.3 Å². The Labute approximate surface area is 77.8 Å². The molecule has 66 valence electrons. The van der Waals surface area contributed by atoms with E-state index in [1.807, 2.05) is 12.1 Å². The molecule has 0 bridgehead atoms. The van der Waals surface area contributed by atoms with E-state index in [-0.39, 0.29) is 0 Å². The minimum Gasteiger partial charge on any atom is -0.366 e. The zero-order chi connectivity index (χ0) is 9.68. The van der Waals surface area contributed by atoms with Crippen LogP contribution in [0.15, 0.2) is 24.3 Å². The van der Waals surface area contributed by atoms with Gasteiger partial charge in [0.2, 0.25) is 5.91 Å². The molecule has 2 nitrogen and oxygen atoms in total. The average Bonchev–Trinajstić information content (AvgIpc) is 2.15. The average molecular weight is 173 g/mol. The molecule has 1 aromatic carbocycles. The lowest BCUT2D eigenvalue weighted by atomic mass is 10.1. The van der Waals surface area contributed by atoms with Gasteiger partial charge in [0.1, 0.15) is 0 Å². The molecule has 1 amide bonds. The first-order chi connectivity index (χ1) is 6.24. The molecule has 1 rings (SSSR count). The first-order valence-corrected chi connectivity index (χ1v) is 4.06. The number of carbonyl (C=O) groups is 1. The lowest BCUT2D eigenvalue weighted by molar-refractivity contribution is 0.100. The number of rotatable bonds is 3. The van der Waals surface area contributed by atoms with Crippen LogP contribution < -0.4 is 5.73 Å². The van der Waals surface area contributed by atoms with E-state index >= 15 is 0 Å². The normalized spacial score (nSPS) is 9.15. The number of aryl methyl sites for hydroxylation is 1. The molecule has 0 heterocycles. The molecule has 0 aliphatic rings. The quantitative estimate of drug-likeness (QED) is 0.689. The van der Waals surface area contributed by atoms with Gasteiger partial charge in [0.15, 0.2) is 0 Å². The van der Waals surface area contributed by atoms with Crippen LogP contribution in [-0.2, 0) is 6.42 Å². The van der Waals surface area contributed by atoms with E-state index in [2.05, 4.69) is 5.92 Å². The Morgan fingerprint density at radius 3 is 2.46 bits per heavy atom. The summed E-state index contributed by atoms with van der Waals surface area (Å²) in [6.45, 7) is 0. The molecule has 0 aliphatic heterocycles. The lowest BCUT2D eigenvalue weighted by Gasteiger charge is -1.98. The monoisotopic (exact) mass is 173 g/mol. The summed E-state index contributed by atoms with van der Waals surface area (Å²) in [5, 5.41) is 0. The Morgan fingerprint density at radius 2 is 2.00 bits per heavy atom. The van der Waals surface area contributed by atoms with Gasteiger partial charge in [0.25, 0.3) is 0 Å². The van der Waals surface area contributed by atoms with Crippen molar-refractivity contribution in [2.45, 2.75) is 12.8 Å². The first kappa shape index (κ1) is 9.34. The van der Waals surface area contributed by atoms with Gasteiger partial charge < -0.3 is 5.73 Å². The second-order valence-electron chi connectivity index (χ2n) is 2.77. The van der Waals surface area contributed by atoms with Crippen LogP contribution in [0, 0.1) is 12.3 Å². The first-order valence-electron chi connectivity index (χ1n) is 4.06. The number of nitrogens with two attached hydrogens (primary N) is 1. The Bertz CT molecular complexity index is 332. The molecule has 13 heavy (non-hydrogen) atoms. The number of carbonyl (C=O) groups excluding carboxylic acids is 1. The highest BCUT2D eigenvalue weighted by Crippen LogP contribution is 2.05. The van der Waals surface area contributed by atoms with Gasteiger partial charge in [-0.3, -0.25) is 4.79 Å². The second-order valence-corrected chi connectivity index (χ2v) is 2.77. The van der Waals surface area contributed by atoms with Crippen molar-refractivity contribution in [3.05, 3.63) is 35.4 Å². The molecule has 0 aromatic heterocycles. The topological polar surface area (TPSA) is 43.1 Å². The summed E-state index contributed by atoms with van der Waals surface area (Å²) >= 11 is 0. The van der Waals surface area contributed by atoms with E-state index in [0.29, 0.717) is 5.56 Å². The molecule has 0 saturated heterocycles. The molecule has 0 unspecified atom stereocenters. The van der Waals surface area contributed by atoms with Crippen LogP contribution in [0.2, 0.25) is 0 Å². The summed E-state index contributed by atoms with van der Waals surface area (Å²) in [5.74, 6) is 2.16. The lowest BCUT2D eigenvalue weighted by Crippen LogP contribution is -2.10. The Hall–Kier alpha value is -1.75. The van der Waals surface area contributed by atoms with Crippen molar-refractivity contribution in [3.63, 3.8) is 0 Å². The highest BCUT2D eigenvalue weighted by atomic mass is 16.1. The molecule has 0 fully saturated rings. The molecule has 0 atom stereocenters. The van der Waals surface area contributed by atoms with Crippen molar-refractivity contribution in [2.24, 2.45) is 5.73 Å². The fourth-order valence-electron chi connectivity index (χ4n) is 1.05. The summed E-state index contributed by atoms with van der Waals surface area (Å²) < 4.78 is 0. The smallest absolute Gasteiger partial charge is 0.248 e. The minimum absolute atomic E-state index is 0.400. The van der Waals surface area contributed by atoms with Gasteiger partial charge in [-0.2, -0.15) is 0 Å². The second kappa shape index (κ2) is 4.32. The maximum Gasteiger partial charge on any atom is 0.248 e. The van der Waals surface area contributed by atoms with Crippen LogP contribution >= 0.6 is 0 Å². The maximum atomic E-state index is 10.7. The maximum absolute atomic E-state index is 10.7. The predicted molar refractivity (Wildman–Crippen MR) is 52.1 cm³/mol. The molecular weight excluding hydrogens is 162 g/mol. The number of amides is 1. The third-order valence-corrected chi connectivity index (χ3v) is 1.80. The summed E-state index contributed by atoms with van der Waals surface area (Å²) in [4.78, 5) is 10.7. The molecule has 0 spiro atoms. The summed E-state index contributed by atoms with van der Waals surface area (Å²) in [5.41, 5.74) is 6.75. The van der Waals surface area contributed by atoms with E-state index in [1.54, 1.807) is 12.1 Å². The van der Waals surface area contributed by atoms with Gasteiger partial charge in [0.05, 0.1) is 0 Å². The van der Waals surface area contributed by atoms with Gasteiger partial charge in [-0.15, -0.1) is 12.3 Å². The van der Waals surface area contributed by atoms with Crippen LogP contribution in [0.5, 0.6) is 0 Å². The van der Waals surface area contributed by atoms with Crippen molar-refractivity contribution in [1.29, 1.82) is 0 Å². The largest absolute Gasteiger partial charge is 0.366 e. The molecular formula is C11H11NO. The number of benzene rings is 1. The van der Waals surface area contributed by atoms with E-state index in [4.69, 9.17) is 12.2 Å². The van der Waals surface area contributed by atoms with Crippen molar-refractivity contribution >= 4 is 5.91 Å². The van der Waals surface area contributed by atoms with Crippen molar-refractivity contribution in [2.75, 3.05) is 0 Å². The predicted octanol–water partition coefficient (Wildman–Crippen LogP) is 1.35. The Kier molecular flexibility index (Phi) is 3.10. The third-order valence-electron chi connectivity index (χ3n) is 1.80. The van der Waals surface area contributed by atoms with Crippen molar-refractivity contribution in [3.8, 4) is 12.3 Å². The summed E-state index contributed by atoms with van der Waals surface area (Å²) in [6, 6.07) is 7.18. The van der Waals surface area contributed by atoms with Gasteiger partial charge in [-0.05, 0) is 24.1 Å². The van der Waals surface area contributed by atoms with E-state index in [0.717, 1.165) is 18.4 Å². The van der Waals surface area contributed by atoms with E-state index < -0.39 is 5.91 Å². The third kappa shape index (κ3) is 2.64. The van der Waals surface area contributed by atoms with Crippen molar-refractivity contribution < 1.29 is 4.79 Å². The highest BCUT2D eigenvalue weighted by Gasteiger charge is 1.98. The van der Waals surface area contributed by atoms with Crippen molar-refractivity contribution in [1.82, 2.24) is 0 Å². The minimum atomic E-state index is -0.400. The molecule has 1 aromatic rings. The number of terminal acetylenes is 1. The highest BCUT2D eigenvalue weighted by molar-refractivity contribution is 5.92. The van der Waals surface area contributed by atoms with Gasteiger partial charge in [-0.25, -0.2) is 0 Å². The Balaban J connectivity index is 2.71. The fraction of sp³-hybridized carbons (Fsp3) is 0.182. The van der Waals surface area contributed by atoms with Crippen LogP contribution in [0.3, 0.4) is 0 Å². The molecule has 2 heteroatoms. The van der Waals surface area contributed by atoms with E-state index in [9.17, 15) is 4.79 Å². The Morgan fingerprint density at radius 1 is 1.38 bits per heavy atom. The molecule has 0 aliphatic carbocycles. The summed E-state index contributed by atoms with van der Waals surface area (Å²) in [6.07, 6.45) is 6.69. The molecule has 0 radical (unpaired) electrons. The zero-order valence-corrected chi connectivity index (χ0v) is 7.29. The SMILES string of the molecule is C#CCCc1ccc(C(N)=O)cc1. The summed E-state index contributed by atoms with van der Waals surface area (Å²) in [7, 11) is 0. The van der Waals surface area contributed by atoms with Gasteiger partial charge in [-0.1, -0.05) is 12.1 Å². The molecule has 2 N–H and O–H groups in total. The van der Waals surface area contributed by atoms with Gasteiger partial charge in [0, 0.05) is 12.0 Å².